The van der Waals surface area contributed by atoms with E-state index in [-0.39, 0.29) is 5.91 Å². The number of hydrogen-bond acceptors (Lipinski definition) is 3. The van der Waals surface area contributed by atoms with Crippen LogP contribution in [-0.2, 0) is 17.8 Å². The van der Waals surface area contributed by atoms with Crippen molar-refractivity contribution < 1.29 is 9.53 Å². The Labute approximate surface area is 177 Å². The van der Waals surface area contributed by atoms with Gasteiger partial charge >= 0.3 is 0 Å². The number of rotatable bonds is 9. The number of halogens is 1. The topological polar surface area (TPSA) is 56.2 Å². The van der Waals surface area contributed by atoms with E-state index in [9.17, 15) is 4.79 Å². The van der Waals surface area contributed by atoms with Crippen molar-refractivity contribution in [3.05, 3.63) is 58.4 Å². The first-order valence-electron chi connectivity index (χ1n) is 10.0. The van der Waals surface area contributed by atoms with Crippen LogP contribution < -0.4 is 10.1 Å². The number of amides is 1. The fraction of sp³-hybridized carbons (Fsp3) is 0.391. The van der Waals surface area contributed by atoms with E-state index in [2.05, 4.69) is 16.0 Å². The largest absolute Gasteiger partial charge is 0.494 e. The van der Waals surface area contributed by atoms with E-state index in [1.165, 1.54) is 0 Å². The molecule has 0 unspecified atom stereocenters. The Hall–Kier alpha value is -2.53. The van der Waals surface area contributed by atoms with Crippen LogP contribution in [0, 0.1) is 13.8 Å². The molecule has 0 atom stereocenters. The third kappa shape index (κ3) is 5.51. The summed E-state index contributed by atoms with van der Waals surface area (Å²) in [7, 11) is 0. The second-order valence-electron chi connectivity index (χ2n) is 7.33. The molecular formula is C23H28ClN3O2. The molecule has 0 saturated heterocycles. The lowest BCUT2D eigenvalue weighted by atomic mass is 10.1. The molecule has 3 aromatic rings. The SMILES string of the molecule is CC(=O)NCCCc1nc2ccccc2n1CCCOc1cc(C)c(Cl)c(C)c1. The first-order valence-corrected chi connectivity index (χ1v) is 10.4. The van der Waals surface area contributed by atoms with Gasteiger partial charge < -0.3 is 14.6 Å². The molecule has 1 amide bonds. The number of para-hydroxylation sites is 2. The van der Waals surface area contributed by atoms with E-state index < -0.39 is 0 Å². The van der Waals surface area contributed by atoms with Crippen molar-refractivity contribution >= 4 is 28.5 Å². The number of carbonyl (C=O) groups is 1. The molecule has 0 fully saturated rings. The van der Waals surface area contributed by atoms with Gasteiger partial charge in [0.05, 0.1) is 17.6 Å². The number of hydrogen-bond donors (Lipinski definition) is 1. The Bertz CT molecular complexity index is 974. The number of benzene rings is 2. The van der Waals surface area contributed by atoms with Gasteiger partial charge in [0, 0.05) is 31.5 Å². The number of ether oxygens (including phenoxy) is 1. The van der Waals surface area contributed by atoms with Gasteiger partial charge in [-0.1, -0.05) is 23.7 Å². The molecule has 1 heterocycles. The second-order valence-corrected chi connectivity index (χ2v) is 7.71. The standard InChI is InChI=1S/C23H28ClN3O2/c1-16-14-19(15-17(2)23(16)24)29-13-7-12-27-21-9-5-4-8-20(21)26-22(27)10-6-11-25-18(3)28/h4-5,8-9,14-15H,6-7,10-13H2,1-3H3,(H,25,28). The summed E-state index contributed by atoms with van der Waals surface area (Å²) in [5.41, 5.74) is 4.21. The van der Waals surface area contributed by atoms with E-state index in [1.54, 1.807) is 6.92 Å². The van der Waals surface area contributed by atoms with Crippen molar-refractivity contribution in [3.8, 4) is 5.75 Å². The minimum Gasteiger partial charge on any atom is -0.494 e. The van der Waals surface area contributed by atoms with Crippen LogP contribution in [0.3, 0.4) is 0 Å². The third-order valence-corrected chi connectivity index (χ3v) is 5.49. The van der Waals surface area contributed by atoms with Crippen LogP contribution in [0.2, 0.25) is 5.02 Å². The summed E-state index contributed by atoms with van der Waals surface area (Å²) in [4.78, 5) is 15.9. The van der Waals surface area contributed by atoms with Crippen LogP contribution >= 0.6 is 11.6 Å². The molecule has 0 radical (unpaired) electrons. The van der Waals surface area contributed by atoms with Crippen molar-refractivity contribution in [1.82, 2.24) is 14.9 Å². The van der Waals surface area contributed by atoms with Crippen molar-refractivity contribution in [2.75, 3.05) is 13.2 Å². The van der Waals surface area contributed by atoms with Crippen LogP contribution in [0.4, 0.5) is 0 Å². The molecule has 0 aliphatic carbocycles. The average molecular weight is 414 g/mol. The summed E-state index contributed by atoms with van der Waals surface area (Å²) in [5, 5.41) is 3.64. The highest BCUT2D eigenvalue weighted by molar-refractivity contribution is 6.32. The Morgan fingerprint density at radius 2 is 1.90 bits per heavy atom. The highest BCUT2D eigenvalue weighted by Gasteiger charge is 2.10. The molecule has 2 aromatic carbocycles. The van der Waals surface area contributed by atoms with Crippen LogP contribution in [0.1, 0.15) is 36.7 Å². The number of fused-ring (bicyclic) bond motifs is 1. The van der Waals surface area contributed by atoms with E-state index in [0.717, 1.165) is 64.6 Å². The molecule has 0 aliphatic heterocycles. The van der Waals surface area contributed by atoms with E-state index in [4.69, 9.17) is 21.3 Å². The average Bonchev–Trinajstić information content (AvgIpc) is 3.04. The summed E-state index contributed by atoms with van der Waals surface area (Å²) in [6, 6.07) is 12.2. The predicted molar refractivity (Wildman–Crippen MR) is 118 cm³/mol. The van der Waals surface area contributed by atoms with Crippen LogP contribution in [0.15, 0.2) is 36.4 Å². The van der Waals surface area contributed by atoms with Gasteiger partial charge in [0.2, 0.25) is 5.91 Å². The zero-order valence-electron chi connectivity index (χ0n) is 17.3. The van der Waals surface area contributed by atoms with Gasteiger partial charge in [0.15, 0.2) is 0 Å². The van der Waals surface area contributed by atoms with E-state index >= 15 is 0 Å². The maximum atomic E-state index is 11.1. The van der Waals surface area contributed by atoms with E-state index in [1.807, 2.05) is 44.2 Å². The molecule has 0 saturated carbocycles. The first kappa shape index (κ1) is 21.2. The van der Waals surface area contributed by atoms with Gasteiger partial charge in [-0.05, 0) is 62.1 Å². The van der Waals surface area contributed by atoms with Gasteiger partial charge in [0.1, 0.15) is 11.6 Å². The van der Waals surface area contributed by atoms with Crippen molar-refractivity contribution in [2.45, 2.75) is 46.6 Å². The van der Waals surface area contributed by atoms with Gasteiger partial charge in [-0.15, -0.1) is 0 Å². The zero-order valence-corrected chi connectivity index (χ0v) is 18.1. The normalized spacial score (nSPS) is 11.0. The lowest BCUT2D eigenvalue weighted by molar-refractivity contribution is -0.118. The summed E-state index contributed by atoms with van der Waals surface area (Å²) in [5.74, 6) is 1.91. The van der Waals surface area contributed by atoms with Crippen molar-refractivity contribution in [2.24, 2.45) is 0 Å². The minimum absolute atomic E-state index is 0.00308. The number of nitrogens with one attached hydrogen (secondary N) is 1. The number of carbonyl (C=O) groups excluding carboxylic acids is 1. The smallest absolute Gasteiger partial charge is 0.216 e. The van der Waals surface area contributed by atoms with Crippen LogP contribution in [0.5, 0.6) is 5.75 Å². The fourth-order valence-corrected chi connectivity index (χ4v) is 3.59. The molecule has 154 valence electrons. The summed E-state index contributed by atoms with van der Waals surface area (Å²) in [6.07, 6.45) is 2.56. The lowest BCUT2D eigenvalue weighted by Crippen LogP contribution is -2.21. The number of aromatic nitrogens is 2. The van der Waals surface area contributed by atoms with Crippen molar-refractivity contribution in [3.63, 3.8) is 0 Å². The first-order chi connectivity index (χ1) is 14.0. The third-order valence-electron chi connectivity index (χ3n) is 4.89. The molecule has 0 spiro atoms. The maximum Gasteiger partial charge on any atom is 0.216 e. The maximum absolute atomic E-state index is 11.1. The molecule has 1 aromatic heterocycles. The Balaban J connectivity index is 1.62. The molecule has 5 nitrogen and oxygen atoms in total. The number of aryl methyl sites for hydroxylation is 4. The molecule has 3 rings (SSSR count). The summed E-state index contributed by atoms with van der Waals surface area (Å²) in [6.45, 7) is 7.65. The number of imidazole rings is 1. The molecular weight excluding hydrogens is 386 g/mol. The lowest BCUT2D eigenvalue weighted by Gasteiger charge is -2.12. The molecule has 6 heteroatoms. The quantitative estimate of drug-likeness (QED) is 0.510. The van der Waals surface area contributed by atoms with Crippen LogP contribution in [-0.4, -0.2) is 28.6 Å². The van der Waals surface area contributed by atoms with E-state index in [0.29, 0.717) is 13.2 Å². The molecule has 0 aliphatic rings. The second kappa shape index (κ2) is 9.79. The van der Waals surface area contributed by atoms with Gasteiger partial charge in [-0.3, -0.25) is 4.79 Å². The highest BCUT2D eigenvalue weighted by atomic mass is 35.5. The Morgan fingerprint density at radius 3 is 2.62 bits per heavy atom. The van der Waals surface area contributed by atoms with Gasteiger partial charge in [-0.2, -0.15) is 0 Å². The zero-order chi connectivity index (χ0) is 20.8. The summed E-state index contributed by atoms with van der Waals surface area (Å²) < 4.78 is 8.23. The van der Waals surface area contributed by atoms with Crippen LogP contribution in [0.25, 0.3) is 11.0 Å². The Kier molecular flexibility index (Phi) is 7.15. The molecule has 0 bridgehead atoms. The highest BCUT2D eigenvalue weighted by Crippen LogP contribution is 2.26. The predicted octanol–water partition coefficient (Wildman–Crippen LogP) is 4.84. The Morgan fingerprint density at radius 1 is 1.17 bits per heavy atom. The van der Waals surface area contributed by atoms with Gasteiger partial charge in [-0.25, -0.2) is 4.98 Å². The van der Waals surface area contributed by atoms with Gasteiger partial charge in [0.25, 0.3) is 0 Å². The monoisotopic (exact) mass is 413 g/mol. The number of nitrogens with zero attached hydrogens (tertiary/aromatic N) is 2. The fourth-order valence-electron chi connectivity index (χ4n) is 3.48. The minimum atomic E-state index is 0.00308. The molecule has 29 heavy (non-hydrogen) atoms. The summed E-state index contributed by atoms with van der Waals surface area (Å²) >= 11 is 6.23. The van der Waals surface area contributed by atoms with Crippen molar-refractivity contribution in [1.29, 1.82) is 0 Å². The molecule has 1 N–H and O–H groups in total.